The second-order valence-electron chi connectivity index (χ2n) is 7.80. The summed E-state index contributed by atoms with van der Waals surface area (Å²) in [6.07, 6.45) is 2.53. The smallest absolute Gasteiger partial charge is 0.170 e. The number of rotatable bonds is 5. The lowest BCUT2D eigenvalue weighted by molar-refractivity contribution is -0.0202. The maximum atomic E-state index is 6.27. The molecule has 6 heteroatoms. The highest BCUT2D eigenvalue weighted by Crippen LogP contribution is 2.27. The molecule has 0 N–H and O–H groups in total. The maximum absolute atomic E-state index is 6.27. The molecule has 0 aliphatic carbocycles. The quantitative estimate of drug-likeness (QED) is 0.623. The molecule has 0 radical (unpaired) electrons. The molecule has 3 aromatic heterocycles. The maximum Gasteiger partial charge on any atom is 0.170 e. The van der Waals surface area contributed by atoms with E-state index in [1.165, 1.54) is 5.56 Å². The molecule has 1 saturated heterocycles. The number of aryl methyl sites for hydroxylation is 3. The van der Waals surface area contributed by atoms with Gasteiger partial charge in [0.2, 0.25) is 0 Å². The van der Waals surface area contributed by atoms with Crippen LogP contribution in [0.1, 0.15) is 53.5 Å². The van der Waals surface area contributed by atoms with E-state index in [1.54, 1.807) is 11.3 Å². The van der Waals surface area contributed by atoms with Crippen molar-refractivity contribution in [3.05, 3.63) is 51.9 Å². The van der Waals surface area contributed by atoms with Gasteiger partial charge in [0, 0.05) is 24.0 Å². The number of fused-ring (bicyclic) bond motifs is 1. The standard InChI is InChI=1S/C22H28N4OS/c1-14-10-18(11-15(2)23-14)13-27-19-6-5-9-26(12-19)16(3)20-7-8-21-22(25-20)24-17(4)28-21/h7-8,10-11,16,19H,5-6,9,12-13H2,1-4H3/t16?,19-/m1/s1. The summed E-state index contributed by atoms with van der Waals surface area (Å²) in [4.78, 5) is 16.3. The molecule has 0 saturated carbocycles. The molecule has 3 aromatic rings. The molecule has 0 amide bonds. The number of thiazole rings is 1. The van der Waals surface area contributed by atoms with Crippen molar-refractivity contribution in [3.8, 4) is 0 Å². The van der Waals surface area contributed by atoms with Crippen molar-refractivity contribution in [2.24, 2.45) is 0 Å². The number of pyridine rings is 2. The Morgan fingerprint density at radius 2 is 1.93 bits per heavy atom. The molecule has 0 bridgehead atoms. The lowest BCUT2D eigenvalue weighted by atomic mass is 10.0. The summed E-state index contributed by atoms with van der Waals surface area (Å²) in [5.41, 5.74) is 5.28. The topological polar surface area (TPSA) is 51.1 Å². The molecular formula is C22H28N4OS. The largest absolute Gasteiger partial charge is 0.372 e. The van der Waals surface area contributed by atoms with Gasteiger partial charge in [-0.25, -0.2) is 9.97 Å². The van der Waals surface area contributed by atoms with Crippen LogP contribution in [0.15, 0.2) is 24.3 Å². The van der Waals surface area contributed by atoms with Crippen LogP contribution in [0.5, 0.6) is 0 Å². The zero-order valence-electron chi connectivity index (χ0n) is 17.1. The van der Waals surface area contributed by atoms with E-state index < -0.39 is 0 Å². The van der Waals surface area contributed by atoms with Gasteiger partial charge in [0.1, 0.15) is 0 Å². The highest BCUT2D eigenvalue weighted by atomic mass is 32.1. The lowest BCUT2D eigenvalue weighted by Crippen LogP contribution is -2.41. The lowest BCUT2D eigenvalue weighted by Gasteiger charge is -2.36. The Labute approximate surface area is 170 Å². The Hall–Kier alpha value is -1.89. The fourth-order valence-electron chi connectivity index (χ4n) is 4.03. The molecule has 0 spiro atoms. The van der Waals surface area contributed by atoms with Crippen molar-refractivity contribution >= 4 is 21.7 Å². The summed E-state index contributed by atoms with van der Waals surface area (Å²) in [6.45, 7) is 11.0. The first kappa shape index (κ1) is 19.4. The van der Waals surface area contributed by atoms with Crippen LogP contribution in [-0.4, -0.2) is 39.0 Å². The number of hydrogen-bond donors (Lipinski definition) is 0. The first-order valence-corrected chi connectivity index (χ1v) is 10.8. The Morgan fingerprint density at radius 1 is 1.14 bits per heavy atom. The van der Waals surface area contributed by atoms with Crippen LogP contribution in [0.3, 0.4) is 0 Å². The molecule has 0 aromatic carbocycles. The molecular weight excluding hydrogens is 368 g/mol. The van der Waals surface area contributed by atoms with Gasteiger partial charge in [-0.05, 0) is 76.9 Å². The zero-order valence-corrected chi connectivity index (χ0v) is 17.9. The van der Waals surface area contributed by atoms with Gasteiger partial charge >= 0.3 is 0 Å². The molecule has 1 aliphatic rings. The van der Waals surface area contributed by atoms with E-state index in [2.05, 4.69) is 46.1 Å². The monoisotopic (exact) mass is 396 g/mol. The summed E-state index contributed by atoms with van der Waals surface area (Å²) >= 11 is 1.70. The Balaban J connectivity index is 1.40. The summed E-state index contributed by atoms with van der Waals surface area (Å²) in [5, 5.41) is 1.07. The number of piperidine rings is 1. The van der Waals surface area contributed by atoms with Gasteiger partial charge in [-0.1, -0.05) is 0 Å². The van der Waals surface area contributed by atoms with Crippen molar-refractivity contribution in [2.75, 3.05) is 13.1 Å². The van der Waals surface area contributed by atoms with Crippen LogP contribution in [-0.2, 0) is 11.3 Å². The number of hydrogen-bond acceptors (Lipinski definition) is 6. The van der Waals surface area contributed by atoms with Gasteiger partial charge in [-0.2, -0.15) is 0 Å². The summed E-state index contributed by atoms with van der Waals surface area (Å²) < 4.78 is 7.43. The van der Waals surface area contributed by atoms with E-state index in [0.717, 1.165) is 58.4 Å². The minimum Gasteiger partial charge on any atom is -0.372 e. The first-order valence-electron chi connectivity index (χ1n) is 10.0. The van der Waals surface area contributed by atoms with Crippen molar-refractivity contribution < 1.29 is 4.74 Å². The van der Waals surface area contributed by atoms with Gasteiger partial charge in [0.25, 0.3) is 0 Å². The van der Waals surface area contributed by atoms with Gasteiger partial charge in [-0.3, -0.25) is 9.88 Å². The molecule has 1 unspecified atom stereocenters. The Kier molecular flexibility index (Phi) is 5.71. The third-order valence-corrected chi connectivity index (χ3v) is 6.32. The summed E-state index contributed by atoms with van der Waals surface area (Å²) in [5.74, 6) is 0. The molecule has 28 heavy (non-hydrogen) atoms. The normalized spacial score (nSPS) is 19.2. The SMILES string of the molecule is Cc1cc(CO[C@@H]2CCCN(C(C)c3ccc4sc(C)nc4n3)C2)cc(C)n1. The Morgan fingerprint density at radius 3 is 2.71 bits per heavy atom. The van der Waals surface area contributed by atoms with Crippen LogP contribution in [0.2, 0.25) is 0 Å². The van der Waals surface area contributed by atoms with Gasteiger partial charge in [-0.15, -0.1) is 11.3 Å². The fourth-order valence-corrected chi connectivity index (χ4v) is 4.80. The molecule has 5 nitrogen and oxygen atoms in total. The third kappa shape index (κ3) is 4.40. The minimum atomic E-state index is 0.259. The number of likely N-dealkylation sites (tertiary alicyclic amines) is 1. The molecule has 4 heterocycles. The highest BCUT2D eigenvalue weighted by molar-refractivity contribution is 7.18. The van der Waals surface area contributed by atoms with E-state index in [-0.39, 0.29) is 12.1 Å². The van der Waals surface area contributed by atoms with E-state index >= 15 is 0 Å². The van der Waals surface area contributed by atoms with Crippen molar-refractivity contribution in [1.82, 2.24) is 19.9 Å². The predicted molar refractivity (Wildman–Crippen MR) is 114 cm³/mol. The van der Waals surface area contributed by atoms with Crippen LogP contribution < -0.4 is 0 Å². The van der Waals surface area contributed by atoms with Crippen LogP contribution >= 0.6 is 11.3 Å². The molecule has 1 fully saturated rings. The average molecular weight is 397 g/mol. The molecule has 2 atom stereocenters. The number of aromatic nitrogens is 3. The predicted octanol–water partition coefficient (Wildman–Crippen LogP) is 4.75. The minimum absolute atomic E-state index is 0.259. The van der Waals surface area contributed by atoms with Gasteiger partial charge < -0.3 is 4.74 Å². The van der Waals surface area contributed by atoms with Crippen LogP contribution in [0.4, 0.5) is 0 Å². The van der Waals surface area contributed by atoms with E-state index in [4.69, 9.17) is 9.72 Å². The zero-order chi connectivity index (χ0) is 19.7. The van der Waals surface area contributed by atoms with E-state index in [1.807, 2.05) is 20.8 Å². The second-order valence-corrected chi connectivity index (χ2v) is 9.03. The summed E-state index contributed by atoms with van der Waals surface area (Å²) in [6, 6.07) is 8.81. The number of nitrogens with zero attached hydrogens (tertiary/aromatic N) is 4. The Bertz CT molecular complexity index is 950. The summed E-state index contributed by atoms with van der Waals surface area (Å²) in [7, 11) is 0. The molecule has 4 rings (SSSR count). The van der Waals surface area contributed by atoms with Crippen LogP contribution in [0, 0.1) is 20.8 Å². The van der Waals surface area contributed by atoms with Gasteiger partial charge in [0.15, 0.2) is 5.65 Å². The third-order valence-electron chi connectivity index (χ3n) is 5.39. The molecule has 148 valence electrons. The van der Waals surface area contributed by atoms with Crippen molar-refractivity contribution in [2.45, 2.75) is 59.3 Å². The van der Waals surface area contributed by atoms with Gasteiger partial charge in [0.05, 0.1) is 28.1 Å². The fraction of sp³-hybridized carbons (Fsp3) is 0.500. The number of ether oxygens (including phenoxy) is 1. The van der Waals surface area contributed by atoms with E-state index in [9.17, 15) is 0 Å². The second kappa shape index (κ2) is 8.23. The molecule has 1 aliphatic heterocycles. The van der Waals surface area contributed by atoms with Crippen molar-refractivity contribution in [3.63, 3.8) is 0 Å². The first-order chi connectivity index (χ1) is 13.5. The van der Waals surface area contributed by atoms with E-state index in [0.29, 0.717) is 6.61 Å². The average Bonchev–Trinajstić information content (AvgIpc) is 3.04. The van der Waals surface area contributed by atoms with Crippen molar-refractivity contribution in [1.29, 1.82) is 0 Å². The van der Waals surface area contributed by atoms with Crippen LogP contribution in [0.25, 0.3) is 10.3 Å². The highest BCUT2D eigenvalue weighted by Gasteiger charge is 2.26.